The van der Waals surface area contributed by atoms with Gasteiger partial charge in [-0.25, -0.2) is 13.1 Å². The molecule has 1 saturated heterocycles. The molecule has 8 nitrogen and oxygen atoms in total. The van der Waals surface area contributed by atoms with Gasteiger partial charge in [-0.05, 0) is 73.1 Å². The molecule has 5 rings (SSSR count). The van der Waals surface area contributed by atoms with Crippen LogP contribution in [0.4, 0.5) is 0 Å². The van der Waals surface area contributed by atoms with Gasteiger partial charge in [0.15, 0.2) is 0 Å². The molecule has 1 saturated carbocycles. The molecule has 3 aromatic rings. The van der Waals surface area contributed by atoms with Crippen LogP contribution in [0.15, 0.2) is 83.8 Å². The van der Waals surface area contributed by atoms with E-state index in [2.05, 4.69) is 10.0 Å². The number of nitrogens with one attached hydrogen (secondary N) is 2. The lowest BCUT2D eigenvalue weighted by atomic mass is 10.0. The van der Waals surface area contributed by atoms with Crippen LogP contribution in [-0.2, 0) is 43.7 Å². The van der Waals surface area contributed by atoms with Gasteiger partial charge in [0.05, 0.1) is 11.0 Å². The molecule has 43 heavy (non-hydrogen) atoms. The summed E-state index contributed by atoms with van der Waals surface area (Å²) >= 11 is 6.12. The van der Waals surface area contributed by atoms with Crippen LogP contribution in [0, 0.1) is 0 Å². The van der Waals surface area contributed by atoms with Gasteiger partial charge in [-0.3, -0.25) is 9.59 Å². The summed E-state index contributed by atoms with van der Waals surface area (Å²) in [7, 11) is -3.55. The quantitative estimate of drug-likeness (QED) is 0.272. The number of carbonyl (C=O) groups excluding carboxylic acids is 2. The molecule has 1 aliphatic carbocycles. The first-order chi connectivity index (χ1) is 20.8. The van der Waals surface area contributed by atoms with E-state index in [0.717, 1.165) is 42.4 Å². The fraction of sp³-hybridized carbons (Fsp3) is 0.394. The van der Waals surface area contributed by atoms with Crippen molar-refractivity contribution in [2.24, 2.45) is 0 Å². The fourth-order valence-electron chi connectivity index (χ4n) is 5.20. The first kappa shape index (κ1) is 31.2. The summed E-state index contributed by atoms with van der Waals surface area (Å²) in [4.78, 5) is 29.5. The van der Waals surface area contributed by atoms with E-state index in [9.17, 15) is 18.0 Å². The number of carbonyl (C=O) groups is 2. The van der Waals surface area contributed by atoms with Crippen LogP contribution < -0.4 is 10.0 Å². The van der Waals surface area contributed by atoms with E-state index in [1.807, 2.05) is 42.5 Å². The summed E-state index contributed by atoms with van der Waals surface area (Å²) in [5.74, 6) is -0.394. The van der Waals surface area contributed by atoms with Crippen molar-refractivity contribution < 1.29 is 22.7 Å². The van der Waals surface area contributed by atoms with Gasteiger partial charge in [0.1, 0.15) is 6.04 Å². The van der Waals surface area contributed by atoms with Gasteiger partial charge in [-0.2, -0.15) is 0 Å². The van der Waals surface area contributed by atoms with E-state index in [1.54, 1.807) is 41.3 Å². The monoisotopic (exact) mass is 623 g/mol. The number of hydrogen-bond acceptors (Lipinski definition) is 5. The number of benzene rings is 3. The summed E-state index contributed by atoms with van der Waals surface area (Å²) in [6, 6.07) is 22.9. The van der Waals surface area contributed by atoms with Crippen molar-refractivity contribution in [2.75, 3.05) is 13.2 Å². The largest absolute Gasteiger partial charge is 0.376 e. The Bertz CT molecular complexity index is 1470. The third-order valence-corrected chi connectivity index (χ3v) is 9.61. The van der Waals surface area contributed by atoms with E-state index in [1.165, 1.54) is 0 Å². The summed E-state index contributed by atoms with van der Waals surface area (Å²) in [5.41, 5.74) is 2.65. The van der Waals surface area contributed by atoms with Gasteiger partial charge in [0.2, 0.25) is 21.8 Å². The van der Waals surface area contributed by atoms with Crippen LogP contribution in [0.1, 0.15) is 48.8 Å². The molecule has 10 heteroatoms. The molecule has 1 heterocycles. The normalized spacial score (nSPS) is 17.4. The van der Waals surface area contributed by atoms with Gasteiger partial charge >= 0.3 is 0 Å². The second kappa shape index (κ2) is 14.5. The highest BCUT2D eigenvalue weighted by atomic mass is 35.5. The lowest BCUT2D eigenvalue weighted by molar-refractivity contribution is -0.141. The number of halogens is 1. The van der Waals surface area contributed by atoms with Crippen LogP contribution in [0.5, 0.6) is 0 Å². The van der Waals surface area contributed by atoms with E-state index in [-0.39, 0.29) is 41.8 Å². The summed E-state index contributed by atoms with van der Waals surface area (Å²) in [5, 5.41) is 3.64. The van der Waals surface area contributed by atoms with Crippen molar-refractivity contribution >= 4 is 33.4 Å². The highest BCUT2D eigenvalue weighted by Gasteiger charge is 2.31. The van der Waals surface area contributed by atoms with Gasteiger partial charge in [0.25, 0.3) is 0 Å². The zero-order chi connectivity index (χ0) is 30.2. The van der Waals surface area contributed by atoms with Crippen molar-refractivity contribution in [1.82, 2.24) is 14.9 Å². The van der Waals surface area contributed by atoms with Crippen LogP contribution >= 0.6 is 11.6 Å². The molecule has 3 aromatic carbocycles. The molecule has 2 N–H and O–H groups in total. The van der Waals surface area contributed by atoms with Crippen LogP contribution in [0.3, 0.4) is 0 Å². The third kappa shape index (κ3) is 9.13. The molecule has 0 bridgehead atoms. The molecule has 0 aromatic heterocycles. The highest BCUT2D eigenvalue weighted by molar-refractivity contribution is 7.89. The van der Waals surface area contributed by atoms with Crippen molar-refractivity contribution in [3.8, 4) is 0 Å². The minimum Gasteiger partial charge on any atom is -0.376 e. The Morgan fingerprint density at radius 3 is 2.26 bits per heavy atom. The van der Waals surface area contributed by atoms with Crippen molar-refractivity contribution in [3.05, 3.63) is 101 Å². The maximum atomic E-state index is 13.9. The lowest BCUT2D eigenvalue weighted by Crippen LogP contribution is -2.51. The summed E-state index contributed by atoms with van der Waals surface area (Å²) in [6.07, 6.45) is 4.50. The highest BCUT2D eigenvalue weighted by Crippen LogP contribution is 2.23. The van der Waals surface area contributed by atoms with Gasteiger partial charge in [-0.1, -0.05) is 66.2 Å². The lowest BCUT2D eigenvalue weighted by Gasteiger charge is -2.32. The summed E-state index contributed by atoms with van der Waals surface area (Å²) in [6.45, 7) is 1.34. The molecule has 2 amide bonds. The first-order valence-electron chi connectivity index (χ1n) is 14.9. The van der Waals surface area contributed by atoms with Crippen molar-refractivity contribution in [2.45, 2.75) is 74.6 Å². The zero-order valence-electron chi connectivity index (χ0n) is 24.1. The topological polar surface area (TPSA) is 105 Å². The van der Waals surface area contributed by atoms with Gasteiger partial charge < -0.3 is 15.0 Å². The zero-order valence-corrected chi connectivity index (χ0v) is 25.7. The Balaban J connectivity index is 1.34. The minimum atomic E-state index is -3.55. The van der Waals surface area contributed by atoms with E-state index in [4.69, 9.17) is 16.3 Å². The second-order valence-corrected chi connectivity index (χ2v) is 13.4. The number of hydrogen-bond donors (Lipinski definition) is 2. The third-order valence-electron chi connectivity index (χ3n) is 7.83. The predicted molar refractivity (Wildman–Crippen MR) is 166 cm³/mol. The predicted octanol–water partition coefficient (Wildman–Crippen LogP) is 4.65. The minimum absolute atomic E-state index is 0.0204. The molecular weight excluding hydrogens is 586 g/mol. The average Bonchev–Trinajstić information content (AvgIpc) is 3.66. The molecule has 2 fully saturated rings. The maximum Gasteiger partial charge on any atom is 0.243 e. The Hall–Kier alpha value is -3.24. The van der Waals surface area contributed by atoms with Crippen LogP contribution in [0.2, 0.25) is 5.02 Å². The molecular formula is C33H38ClN3O5S. The second-order valence-electron chi connectivity index (χ2n) is 11.3. The molecule has 0 spiro atoms. The number of ether oxygens (including phenoxy) is 1. The Morgan fingerprint density at radius 1 is 0.907 bits per heavy atom. The number of rotatable bonds is 14. The maximum absolute atomic E-state index is 13.9. The van der Waals surface area contributed by atoms with Gasteiger partial charge in [-0.15, -0.1) is 0 Å². The standard InChI is InChI=1S/C33H38ClN3O5S/c34-27-13-8-26(9-14-27)23-37(31(21-25-5-2-1-3-6-25)33(39)35-22-29-7-4-20-42-29)32(38)19-12-24-10-17-30(18-11-24)43(40,41)36-28-15-16-28/h1-3,5-6,8-11,13-14,17-18,28-29,31,36H,4,7,12,15-16,19-23H2,(H,35,39)/t29-,31+/m0/s1. The average molecular weight is 624 g/mol. The van der Waals surface area contributed by atoms with E-state index < -0.39 is 16.1 Å². The Labute approximate surface area is 258 Å². The Morgan fingerprint density at radius 2 is 1.60 bits per heavy atom. The molecule has 1 aliphatic heterocycles. The smallest absolute Gasteiger partial charge is 0.243 e. The Kier molecular flexibility index (Phi) is 10.5. The summed E-state index contributed by atoms with van der Waals surface area (Å²) < 4.78 is 33.5. The number of amides is 2. The van der Waals surface area contributed by atoms with Crippen molar-refractivity contribution in [1.29, 1.82) is 0 Å². The first-order valence-corrected chi connectivity index (χ1v) is 16.7. The number of aryl methyl sites for hydroxylation is 1. The molecule has 228 valence electrons. The number of sulfonamides is 1. The SMILES string of the molecule is O=C(NC[C@@H]1CCCO1)[C@@H](Cc1ccccc1)N(Cc1ccc(Cl)cc1)C(=O)CCc1ccc(S(=O)(=O)NC2CC2)cc1. The van der Waals surface area contributed by atoms with E-state index >= 15 is 0 Å². The van der Waals surface area contributed by atoms with Crippen molar-refractivity contribution in [3.63, 3.8) is 0 Å². The van der Waals surface area contributed by atoms with Gasteiger partial charge in [0, 0.05) is 43.6 Å². The van der Waals surface area contributed by atoms with Crippen LogP contribution in [-0.4, -0.2) is 56.5 Å². The number of nitrogens with zero attached hydrogens (tertiary/aromatic N) is 1. The molecule has 0 unspecified atom stereocenters. The molecule has 0 radical (unpaired) electrons. The van der Waals surface area contributed by atoms with E-state index in [0.29, 0.717) is 31.0 Å². The molecule has 2 atom stereocenters. The molecule has 2 aliphatic rings. The van der Waals surface area contributed by atoms with Crippen LogP contribution in [0.25, 0.3) is 0 Å². The fourth-order valence-corrected chi connectivity index (χ4v) is 6.63.